The molecule has 0 saturated carbocycles. The van der Waals surface area contributed by atoms with Gasteiger partial charge in [0.1, 0.15) is 0 Å². The highest BCUT2D eigenvalue weighted by Gasteiger charge is 2.28. The minimum absolute atomic E-state index is 0.736. The second-order valence-corrected chi connectivity index (χ2v) is 16.7. The van der Waals surface area contributed by atoms with Crippen molar-refractivity contribution in [2.75, 3.05) is 32.8 Å². The van der Waals surface area contributed by atoms with Crippen LogP contribution in [0, 0.1) is 71.0 Å². The van der Waals surface area contributed by atoms with E-state index < -0.39 is 0 Å². The molecule has 0 aromatic heterocycles. The summed E-state index contributed by atoms with van der Waals surface area (Å²) in [7, 11) is 0. The van der Waals surface area contributed by atoms with Gasteiger partial charge in [-0.1, -0.05) is 111 Å². The van der Waals surface area contributed by atoms with Crippen molar-refractivity contribution in [3.05, 3.63) is 0 Å². The number of hydrogen-bond acceptors (Lipinski definition) is 2. The summed E-state index contributed by atoms with van der Waals surface area (Å²) in [6.07, 6.45) is 5.37. The highest BCUT2D eigenvalue weighted by Crippen LogP contribution is 2.29. The van der Waals surface area contributed by atoms with E-state index in [0.717, 1.165) is 77.7 Å². The van der Waals surface area contributed by atoms with E-state index in [1.165, 1.54) is 51.9 Å². The fourth-order valence-electron chi connectivity index (χ4n) is 6.64. The first-order valence-corrected chi connectivity index (χ1v) is 17.4. The van der Waals surface area contributed by atoms with E-state index in [9.17, 15) is 0 Å². The van der Waals surface area contributed by atoms with Gasteiger partial charge in [-0.25, -0.2) is 0 Å². The van der Waals surface area contributed by atoms with Crippen molar-refractivity contribution in [2.24, 2.45) is 71.0 Å². The van der Waals surface area contributed by atoms with Crippen LogP contribution in [0.25, 0.3) is 0 Å². The Morgan fingerprint density at radius 3 is 0.615 bits per heavy atom. The van der Waals surface area contributed by atoms with Gasteiger partial charge in [-0.3, -0.25) is 9.80 Å². The van der Waals surface area contributed by atoms with Gasteiger partial charge in [0.2, 0.25) is 0 Å². The molecule has 0 aliphatic heterocycles. The molecule has 0 N–H and O–H groups in total. The topological polar surface area (TPSA) is 6.48 Å². The van der Waals surface area contributed by atoms with Crippen LogP contribution in [-0.2, 0) is 0 Å². The van der Waals surface area contributed by atoms with Crippen LogP contribution < -0.4 is 0 Å². The first-order chi connectivity index (χ1) is 17.9. The predicted molar refractivity (Wildman–Crippen MR) is 179 cm³/mol. The van der Waals surface area contributed by atoms with Gasteiger partial charge in [0.15, 0.2) is 0 Å². The van der Waals surface area contributed by atoms with Crippen molar-refractivity contribution < 1.29 is 0 Å². The van der Waals surface area contributed by atoms with Crippen LogP contribution in [0.3, 0.4) is 0 Å². The highest BCUT2D eigenvalue weighted by atomic mass is 15.3. The SMILES string of the molecule is CC(C)CC(CN(CC(CC(C)C)C(C)C)CN(CC(CC(C)C)C(C)C)CC(CC(C)C)C(C)C)C(C)C. The normalized spacial score (nSPS) is 16.5. The van der Waals surface area contributed by atoms with Gasteiger partial charge in [-0.2, -0.15) is 0 Å². The van der Waals surface area contributed by atoms with Crippen LogP contribution in [0.15, 0.2) is 0 Å². The lowest BCUT2D eigenvalue weighted by molar-refractivity contribution is 0.0425. The lowest BCUT2D eigenvalue weighted by Gasteiger charge is -2.41. The molecule has 0 aliphatic carbocycles. The van der Waals surface area contributed by atoms with Crippen LogP contribution in [0.1, 0.15) is 136 Å². The standard InChI is InChI=1S/C37H78N2/c1-26(2)17-34(30(9)10)21-38(22-35(31(11)12)18-27(3)4)25-39(23-36(32(13)14)19-28(5)6)24-37(33(15)16)20-29(7)8/h26-37H,17-25H2,1-16H3. The summed E-state index contributed by atoms with van der Waals surface area (Å²) in [6, 6.07) is 0. The molecule has 0 aliphatic rings. The van der Waals surface area contributed by atoms with Gasteiger partial charge in [-0.05, 0) is 96.7 Å². The summed E-state index contributed by atoms with van der Waals surface area (Å²) in [4.78, 5) is 5.86. The summed E-state index contributed by atoms with van der Waals surface area (Å²) in [5.74, 6) is 9.08. The second-order valence-electron chi connectivity index (χ2n) is 16.7. The molecular weight excluding hydrogens is 472 g/mol. The molecule has 2 heteroatoms. The molecule has 2 nitrogen and oxygen atoms in total. The highest BCUT2D eigenvalue weighted by molar-refractivity contribution is 4.80. The van der Waals surface area contributed by atoms with Gasteiger partial charge in [0.05, 0.1) is 6.67 Å². The van der Waals surface area contributed by atoms with Crippen molar-refractivity contribution in [2.45, 2.75) is 136 Å². The third-order valence-electron chi connectivity index (χ3n) is 9.24. The molecule has 0 bridgehead atoms. The van der Waals surface area contributed by atoms with Gasteiger partial charge in [0, 0.05) is 26.2 Å². The molecule has 39 heavy (non-hydrogen) atoms. The minimum Gasteiger partial charge on any atom is -0.290 e. The van der Waals surface area contributed by atoms with Gasteiger partial charge >= 0.3 is 0 Å². The quantitative estimate of drug-likeness (QED) is 0.124. The average molecular weight is 551 g/mol. The lowest BCUT2D eigenvalue weighted by Crippen LogP contribution is -2.48. The monoisotopic (exact) mass is 551 g/mol. The summed E-state index contributed by atoms with van der Waals surface area (Å²) < 4.78 is 0. The Balaban J connectivity index is 6.32. The summed E-state index contributed by atoms with van der Waals surface area (Å²) in [6.45, 7) is 45.2. The molecule has 236 valence electrons. The third-order valence-corrected chi connectivity index (χ3v) is 9.24. The van der Waals surface area contributed by atoms with Gasteiger partial charge in [-0.15, -0.1) is 0 Å². The molecule has 0 aromatic rings. The summed E-state index contributed by atoms with van der Waals surface area (Å²) >= 11 is 0. The predicted octanol–water partition coefficient (Wildman–Crippen LogP) is 10.8. The molecule has 0 heterocycles. The fraction of sp³-hybridized carbons (Fsp3) is 1.00. The zero-order valence-corrected chi connectivity index (χ0v) is 30.2. The molecule has 0 saturated heterocycles. The third kappa shape index (κ3) is 18.1. The van der Waals surface area contributed by atoms with Crippen LogP contribution in [-0.4, -0.2) is 42.6 Å². The molecule has 0 fully saturated rings. The maximum absolute atomic E-state index is 2.93. The zero-order chi connectivity index (χ0) is 30.4. The van der Waals surface area contributed by atoms with E-state index in [4.69, 9.17) is 0 Å². The van der Waals surface area contributed by atoms with Crippen LogP contribution in [0.4, 0.5) is 0 Å². The summed E-state index contributed by atoms with van der Waals surface area (Å²) in [5, 5.41) is 0. The van der Waals surface area contributed by atoms with E-state index >= 15 is 0 Å². The van der Waals surface area contributed by atoms with Gasteiger partial charge in [0.25, 0.3) is 0 Å². The van der Waals surface area contributed by atoms with Crippen molar-refractivity contribution in [1.29, 1.82) is 0 Å². The molecule has 4 atom stereocenters. The van der Waals surface area contributed by atoms with Crippen molar-refractivity contribution >= 4 is 0 Å². The molecule has 4 unspecified atom stereocenters. The summed E-state index contributed by atoms with van der Waals surface area (Å²) in [5.41, 5.74) is 0. The number of nitrogens with zero attached hydrogens (tertiary/aromatic N) is 2. The average Bonchev–Trinajstić information content (AvgIpc) is 2.75. The van der Waals surface area contributed by atoms with E-state index in [2.05, 4.69) is 121 Å². The molecule has 0 spiro atoms. The van der Waals surface area contributed by atoms with E-state index in [1.54, 1.807) is 0 Å². The Morgan fingerprint density at radius 1 is 0.308 bits per heavy atom. The fourth-order valence-corrected chi connectivity index (χ4v) is 6.64. The Hall–Kier alpha value is -0.0800. The minimum atomic E-state index is 0.736. The maximum atomic E-state index is 2.93. The number of rotatable bonds is 22. The second kappa shape index (κ2) is 19.9. The molecule has 0 amide bonds. The van der Waals surface area contributed by atoms with Crippen LogP contribution in [0.2, 0.25) is 0 Å². The Labute approximate surface area is 249 Å². The van der Waals surface area contributed by atoms with Crippen molar-refractivity contribution in [3.63, 3.8) is 0 Å². The zero-order valence-electron chi connectivity index (χ0n) is 30.2. The lowest BCUT2D eigenvalue weighted by atomic mass is 9.84. The molecule has 0 aromatic carbocycles. The smallest absolute Gasteiger partial charge is 0.0506 e. The van der Waals surface area contributed by atoms with Crippen molar-refractivity contribution in [1.82, 2.24) is 9.80 Å². The molecular formula is C37H78N2. The largest absolute Gasteiger partial charge is 0.290 e. The van der Waals surface area contributed by atoms with E-state index in [-0.39, 0.29) is 0 Å². The number of hydrogen-bond donors (Lipinski definition) is 0. The van der Waals surface area contributed by atoms with E-state index in [1.807, 2.05) is 0 Å². The van der Waals surface area contributed by atoms with Crippen LogP contribution >= 0.6 is 0 Å². The molecule has 0 rings (SSSR count). The van der Waals surface area contributed by atoms with Gasteiger partial charge < -0.3 is 0 Å². The van der Waals surface area contributed by atoms with E-state index in [0.29, 0.717) is 0 Å². The first kappa shape index (κ1) is 38.9. The Morgan fingerprint density at radius 2 is 0.487 bits per heavy atom. The Kier molecular flexibility index (Phi) is 19.9. The first-order valence-electron chi connectivity index (χ1n) is 17.4. The maximum Gasteiger partial charge on any atom is 0.0506 e. The van der Waals surface area contributed by atoms with Crippen molar-refractivity contribution in [3.8, 4) is 0 Å². The molecule has 0 radical (unpaired) electrons. The Bertz CT molecular complexity index is 476. The van der Waals surface area contributed by atoms with Crippen LogP contribution in [0.5, 0.6) is 0 Å².